The summed E-state index contributed by atoms with van der Waals surface area (Å²) in [6.07, 6.45) is -9.17. The van der Waals surface area contributed by atoms with Crippen molar-refractivity contribution in [3.05, 3.63) is 59.8 Å². The monoisotopic (exact) mass is 482 g/mol. The predicted molar refractivity (Wildman–Crippen MR) is 115 cm³/mol. The molecule has 1 aliphatic rings. The van der Waals surface area contributed by atoms with Gasteiger partial charge in [-0.15, -0.1) is 0 Å². The highest BCUT2D eigenvalue weighted by Gasteiger charge is 2.33. The first kappa shape index (κ1) is 23.7. The average Bonchev–Trinajstić information content (AvgIpc) is 2.78. The van der Waals surface area contributed by atoms with Crippen LogP contribution in [0.1, 0.15) is 11.3 Å². The number of benzene rings is 1. The molecule has 0 radical (unpaired) electrons. The van der Waals surface area contributed by atoms with Gasteiger partial charge < -0.3 is 15.1 Å². The highest BCUT2D eigenvalue weighted by Crippen LogP contribution is 2.33. The van der Waals surface area contributed by atoms with Gasteiger partial charge >= 0.3 is 12.4 Å². The topological polar surface area (TPSA) is 57.2 Å². The first-order valence-corrected chi connectivity index (χ1v) is 10.3. The van der Waals surface area contributed by atoms with Crippen molar-refractivity contribution in [3.63, 3.8) is 0 Å². The summed E-state index contributed by atoms with van der Waals surface area (Å²) in [7, 11) is 1.97. The fraction of sp³-hybridized carbons (Fsp3) is 0.318. The summed E-state index contributed by atoms with van der Waals surface area (Å²) >= 11 is 0. The number of piperazine rings is 1. The molecular weight excluding hydrogens is 462 g/mol. The van der Waals surface area contributed by atoms with Crippen molar-refractivity contribution in [1.29, 1.82) is 0 Å². The number of likely N-dealkylation sites (N-methyl/N-ethyl adjacent to an activating group) is 1. The van der Waals surface area contributed by atoms with E-state index >= 15 is 0 Å². The molecular formula is C22H20F6N6. The van der Waals surface area contributed by atoms with Gasteiger partial charge in [-0.1, -0.05) is 12.1 Å². The third-order valence-electron chi connectivity index (χ3n) is 5.29. The zero-order valence-corrected chi connectivity index (χ0v) is 18.0. The number of nitrogens with one attached hydrogen (secondary N) is 1. The van der Waals surface area contributed by atoms with Crippen molar-refractivity contribution >= 4 is 17.5 Å². The zero-order valence-electron chi connectivity index (χ0n) is 18.0. The molecule has 0 bridgehead atoms. The van der Waals surface area contributed by atoms with Crippen LogP contribution in [0.15, 0.2) is 48.5 Å². The molecule has 6 nitrogen and oxygen atoms in total. The molecule has 180 valence electrons. The number of aromatic nitrogens is 3. The number of nitrogens with zero attached hydrogens (tertiary/aromatic N) is 5. The maximum absolute atomic E-state index is 13.2. The Balaban J connectivity index is 1.74. The maximum Gasteiger partial charge on any atom is 0.433 e. The first-order valence-electron chi connectivity index (χ1n) is 10.3. The second-order valence-corrected chi connectivity index (χ2v) is 7.83. The smallest absolute Gasteiger partial charge is 0.354 e. The quantitative estimate of drug-likeness (QED) is 0.524. The summed E-state index contributed by atoms with van der Waals surface area (Å²) in [5.41, 5.74) is -1.75. The fourth-order valence-corrected chi connectivity index (χ4v) is 3.46. The minimum absolute atomic E-state index is 0.0281. The number of pyridine rings is 1. The van der Waals surface area contributed by atoms with Crippen LogP contribution in [0, 0.1) is 0 Å². The van der Waals surface area contributed by atoms with Gasteiger partial charge in [0.1, 0.15) is 11.5 Å². The third-order valence-corrected chi connectivity index (χ3v) is 5.29. The van der Waals surface area contributed by atoms with Crippen LogP contribution in [0.2, 0.25) is 0 Å². The van der Waals surface area contributed by atoms with Crippen LogP contribution in [0.3, 0.4) is 0 Å². The van der Waals surface area contributed by atoms with Gasteiger partial charge in [-0.25, -0.2) is 9.97 Å². The number of rotatable bonds is 4. The first-order chi connectivity index (χ1) is 16.0. The van der Waals surface area contributed by atoms with Crippen molar-refractivity contribution in [2.75, 3.05) is 43.4 Å². The second kappa shape index (κ2) is 9.09. The molecule has 1 aliphatic heterocycles. The Kier molecular flexibility index (Phi) is 6.34. The third kappa shape index (κ3) is 5.56. The van der Waals surface area contributed by atoms with Gasteiger partial charge in [0.05, 0.1) is 17.0 Å². The van der Waals surface area contributed by atoms with E-state index in [1.165, 1.54) is 30.3 Å². The van der Waals surface area contributed by atoms with E-state index in [0.717, 1.165) is 31.3 Å². The van der Waals surface area contributed by atoms with Gasteiger partial charge in [-0.2, -0.15) is 31.3 Å². The van der Waals surface area contributed by atoms with Gasteiger partial charge in [0.2, 0.25) is 5.95 Å². The Morgan fingerprint density at radius 3 is 2.15 bits per heavy atom. The summed E-state index contributed by atoms with van der Waals surface area (Å²) < 4.78 is 78.8. The van der Waals surface area contributed by atoms with E-state index in [1.54, 1.807) is 0 Å². The zero-order chi connectivity index (χ0) is 24.5. The fourth-order valence-electron chi connectivity index (χ4n) is 3.46. The molecule has 0 unspecified atom stereocenters. The lowest BCUT2D eigenvalue weighted by atomic mass is 10.2. The minimum atomic E-state index is -4.64. The molecule has 1 N–H and O–H groups in total. The Hall–Kier alpha value is -3.41. The van der Waals surface area contributed by atoms with E-state index < -0.39 is 23.6 Å². The molecule has 1 saturated heterocycles. The van der Waals surface area contributed by atoms with Crippen LogP contribution < -0.4 is 10.2 Å². The summed E-state index contributed by atoms with van der Waals surface area (Å²) in [6.45, 7) is 2.73. The molecule has 3 aromatic rings. The van der Waals surface area contributed by atoms with Crippen molar-refractivity contribution in [2.45, 2.75) is 12.4 Å². The van der Waals surface area contributed by atoms with Crippen LogP contribution in [-0.2, 0) is 12.4 Å². The normalized spacial score (nSPS) is 15.4. The van der Waals surface area contributed by atoms with Crippen molar-refractivity contribution in [2.24, 2.45) is 0 Å². The Labute approximate surface area is 191 Å². The SMILES string of the molecule is CN1CCN(c2cc(-c3cccc(C(F)(F)F)n3)nc(Nc3cccc(C(F)(F)F)c3)n2)CC1. The summed E-state index contributed by atoms with van der Waals surface area (Å²) in [5.74, 6) is 0.386. The van der Waals surface area contributed by atoms with E-state index in [4.69, 9.17) is 0 Å². The van der Waals surface area contributed by atoms with Crippen LogP contribution in [0.25, 0.3) is 11.4 Å². The number of alkyl halides is 6. The summed E-state index contributed by atoms with van der Waals surface area (Å²) in [6, 6.07) is 9.51. The van der Waals surface area contributed by atoms with Crippen molar-refractivity contribution < 1.29 is 26.3 Å². The molecule has 0 spiro atoms. The molecule has 4 rings (SSSR count). The summed E-state index contributed by atoms with van der Waals surface area (Å²) in [4.78, 5) is 16.4. The largest absolute Gasteiger partial charge is 0.433 e. The number of anilines is 3. The maximum atomic E-state index is 13.2. The Morgan fingerprint density at radius 2 is 1.47 bits per heavy atom. The van der Waals surface area contributed by atoms with E-state index in [2.05, 4.69) is 25.2 Å². The molecule has 0 amide bonds. The van der Waals surface area contributed by atoms with Crippen LogP contribution in [0.5, 0.6) is 0 Å². The van der Waals surface area contributed by atoms with Gasteiger partial charge in [0.25, 0.3) is 0 Å². The van der Waals surface area contributed by atoms with Crippen molar-refractivity contribution in [1.82, 2.24) is 19.9 Å². The molecule has 12 heteroatoms. The average molecular weight is 482 g/mol. The second-order valence-electron chi connectivity index (χ2n) is 7.83. The molecule has 34 heavy (non-hydrogen) atoms. The number of halogens is 6. The lowest BCUT2D eigenvalue weighted by Gasteiger charge is -2.33. The molecule has 0 saturated carbocycles. The van der Waals surface area contributed by atoms with Gasteiger partial charge in [0, 0.05) is 37.9 Å². The lowest BCUT2D eigenvalue weighted by molar-refractivity contribution is -0.141. The number of hydrogen-bond acceptors (Lipinski definition) is 6. The molecule has 0 atom stereocenters. The molecule has 2 aromatic heterocycles. The van der Waals surface area contributed by atoms with Crippen LogP contribution >= 0.6 is 0 Å². The van der Waals surface area contributed by atoms with E-state index in [9.17, 15) is 26.3 Å². The van der Waals surface area contributed by atoms with Gasteiger partial charge in [-0.3, -0.25) is 0 Å². The molecule has 3 heterocycles. The highest BCUT2D eigenvalue weighted by molar-refractivity contribution is 5.65. The summed E-state index contributed by atoms with van der Waals surface area (Å²) in [5, 5.41) is 2.75. The molecule has 1 fully saturated rings. The van der Waals surface area contributed by atoms with E-state index in [1.807, 2.05) is 11.9 Å². The van der Waals surface area contributed by atoms with E-state index in [0.29, 0.717) is 18.9 Å². The Morgan fingerprint density at radius 1 is 0.765 bits per heavy atom. The lowest BCUT2D eigenvalue weighted by Crippen LogP contribution is -2.44. The minimum Gasteiger partial charge on any atom is -0.354 e. The van der Waals surface area contributed by atoms with Crippen molar-refractivity contribution in [3.8, 4) is 11.4 Å². The van der Waals surface area contributed by atoms with E-state index in [-0.39, 0.29) is 23.0 Å². The standard InChI is InChI=1S/C22H20F6N6/c1-33-8-10-34(11-9-33)19-13-17(16-6-3-7-18(30-16)22(26,27)28)31-20(32-19)29-15-5-2-4-14(12-15)21(23,24)25/h2-7,12-13H,8-11H2,1H3,(H,29,31,32). The van der Waals surface area contributed by atoms with Crippen LogP contribution in [-0.4, -0.2) is 53.1 Å². The molecule has 1 aromatic carbocycles. The number of hydrogen-bond donors (Lipinski definition) is 1. The predicted octanol–water partition coefficient (Wildman–Crippen LogP) is 5.07. The van der Waals surface area contributed by atoms with Crippen LogP contribution in [0.4, 0.5) is 43.8 Å². The highest BCUT2D eigenvalue weighted by atomic mass is 19.4. The van der Waals surface area contributed by atoms with Gasteiger partial charge in [-0.05, 0) is 37.4 Å². The van der Waals surface area contributed by atoms with Gasteiger partial charge in [0.15, 0.2) is 0 Å². The molecule has 0 aliphatic carbocycles. The Bertz CT molecular complexity index is 1160.